The SMILES string of the molecule is CC(=O)O.c1ccc([PH]([Pd][PH](c2ccccc2)(c2ccccc2)c2ccccc2)(c2ccccc2)c2ccccc2)cc1. The Morgan fingerprint density at radius 3 is 0.674 bits per heavy atom. The molecule has 0 radical (unpaired) electrons. The zero-order valence-electron chi connectivity index (χ0n) is 24.0. The number of carboxylic acids is 1. The Bertz CT molecular complexity index is 1380. The maximum absolute atomic E-state index is 9.00. The third kappa shape index (κ3) is 6.78. The van der Waals surface area contributed by atoms with Crippen molar-refractivity contribution in [3.8, 4) is 0 Å². The first-order valence-electron chi connectivity index (χ1n) is 14.2. The van der Waals surface area contributed by atoms with Gasteiger partial charge in [-0.3, -0.25) is 4.79 Å². The van der Waals surface area contributed by atoms with Gasteiger partial charge in [-0.15, -0.1) is 0 Å². The molecule has 43 heavy (non-hydrogen) atoms. The van der Waals surface area contributed by atoms with Crippen molar-refractivity contribution in [2.24, 2.45) is 0 Å². The summed E-state index contributed by atoms with van der Waals surface area (Å²) in [6.07, 6.45) is 0. The molecule has 0 atom stereocenters. The summed E-state index contributed by atoms with van der Waals surface area (Å²) in [7, 11) is 0. The van der Waals surface area contributed by atoms with Crippen molar-refractivity contribution in [1.29, 1.82) is 0 Å². The molecular formula is C38H36O2P2Pd. The van der Waals surface area contributed by atoms with E-state index in [1.165, 1.54) is 31.8 Å². The van der Waals surface area contributed by atoms with Gasteiger partial charge in [0.1, 0.15) is 0 Å². The summed E-state index contributed by atoms with van der Waals surface area (Å²) in [5.74, 6) is -0.833. The first kappa shape index (κ1) is 30.8. The summed E-state index contributed by atoms with van der Waals surface area (Å²) in [5.41, 5.74) is -4.99. The Hall–Kier alpha value is -3.69. The van der Waals surface area contributed by atoms with Crippen molar-refractivity contribution in [3.05, 3.63) is 182 Å². The van der Waals surface area contributed by atoms with E-state index in [1.807, 2.05) is 0 Å². The van der Waals surface area contributed by atoms with Gasteiger partial charge < -0.3 is 5.11 Å². The van der Waals surface area contributed by atoms with E-state index in [-0.39, 0.29) is 0 Å². The molecule has 220 valence electrons. The van der Waals surface area contributed by atoms with Crippen LogP contribution in [0.15, 0.2) is 182 Å². The second-order valence-corrected chi connectivity index (χ2v) is 27.1. The van der Waals surface area contributed by atoms with Crippen molar-refractivity contribution in [2.45, 2.75) is 6.92 Å². The molecule has 0 saturated heterocycles. The van der Waals surface area contributed by atoms with Crippen molar-refractivity contribution >= 4 is 48.7 Å². The Morgan fingerprint density at radius 2 is 0.535 bits per heavy atom. The van der Waals surface area contributed by atoms with Gasteiger partial charge in [0, 0.05) is 6.92 Å². The summed E-state index contributed by atoms with van der Waals surface area (Å²) in [6, 6.07) is 68.4. The van der Waals surface area contributed by atoms with Gasteiger partial charge in [0.05, 0.1) is 0 Å². The predicted octanol–water partition coefficient (Wildman–Crippen LogP) is 6.44. The fraction of sp³-hybridized carbons (Fsp3) is 0.0263. The second-order valence-electron chi connectivity index (χ2n) is 10.0. The molecule has 1 N–H and O–H groups in total. The molecule has 6 aromatic rings. The molecule has 0 saturated carbocycles. The van der Waals surface area contributed by atoms with Crippen molar-refractivity contribution in [3.63, 3.8) is 0 Å². The third-order valence-electron chi connectivity index (χ3n) is 7.16. The van der Waals surface area contributed by atoms with E-state index in [0.717, 1.165) is 6.92 Å². The predicted molar refractivity (Wildman–Crippen MR) is 186 cm³/mol. The average molecular weight is 693 g/mol. The van der Waals surface area contributed by atoms with Crippen LogP contribution in [-0.2, 0) is 21.8 Å². The van der Waals surface area contributed by atoms with Gasteiger partial charge in [0.15, 0.2) is 0 Å². The Morgan fingerprint density at radius 1 is 0.395 bits per heavy atom. The van der Waals surface area contributed by atoms with Crippen LogP contribution in [0.2, 0.25) is 0 Å². The van der Waals surface area contributed by atoms with E-state index < -0.39 is 16.9 Å². The van der Waals surface area contributed by atoms with Crippen LogP contribution in [0, 0.1) is 0 Å². The fourth-order valence-electron chi connectivity index (χ4n) is 5.40. The normalized spacial score (nSPS) is 12.0. The van der Waals surface area contributed by atoms with Crippen molar-refractivity contribution in [1.82, 2.24) is 0 Å². The molecule has 0 unspecified atom stereocenters. The van der Waals surface area contributed by atoms with Gasteiger partial charge in [0.2, 0.25) is 0 Å². The second kappa shape index (κ2) is 14.7. The van der Waals surface area contributed by atoms with E-state index in [4.69, 9.17) is 9.90 Å². The van der Waals surface area contributed by atoms with Gasteiger partial charge in [-0.25, -0.2) is 0 Å². The molecule has 0 fully saturated rings. The Balaban J connectivity index is 0.000000868. The van der Waals surface area contributed by atoms with Crippen LogP contribution < -0.4 is 31.8 Å². The van der Waals surface area contributed by atoms with Crippen LogP contribution in [0.1, 0.15) is 6.92 Å². The molecular weight excluding hydrogens is 657 g/mol. The topological polar surface area (TPSA) is 37.3 Å². The Kier molecular flexibility index (Phi) is 10.5. The fourth-order valence-corrected chi connectivity index (χ4v) is 39.4. The van der Waals surface area contributed by atoms with E-state index in [2.05, 4.69) is 182 Å². The number of aliphatic carboxylic acids is 1. The van der Waals surface area contributed by atoms with Gasteiger partial charge >= 0.3 is 242 Å². The number of benzene rings is 6. The molecule has 0 aliphatic carbocycles. The van der Waals surface area contributed by atoms with Crippen LogP contribution in [0.25, 0.3) is 0 Å². The molecule has 6 rings (SSSR count). The minimum absolute atomic E-state index is 0.381. The number of hydrogen-bond acceptors (Lipinski definition) is 1. The van der Waals surface area contributed by atoms with Crippen LogP contribution in [0.5, 0.6) is 0 Å². The zero-order chi connectivity index (χ0) is 30.0. The number of hydrogen-bond donors (Lipinski definition) is 1. The quantitative estimate of drug-likeness (QED) is 0.147. The third-order valence-corrected chi connectivity index (χ3v) is 34.2. The van der Waals surface area contributed by atoms with Crippen molar-refractivity contribution in [2.75, 3.05) is 0 Å². The average Bonchev–Trinajstić information content (AvgIpc) is 3.08. The Labute approximate surface area is 263 Å². The molecule has 0 heterocycles. The van der Waals surface area contributed by atoms with E-state index in [1.54, 1.807) is 0 Å². The summed E-state index contributed by atoms with van der Waals surface area (Å²) in [6.45, 7) is 1.08. The number of carboxylic acid groups (broad SMARTS) is 1. The summed E-state index contributed by atoms with van der Waals surface area (Å²) in [5, 5.41) is 16.3. The first-order valence-corrected chi connectivity index (χ1v) is 22.5. The summed E-state index contributed by atoms with van der Waals surface area (Å²) >= 11 is 0.381. The van der Waals surface area contributed by atoms with E-state index in [0.29, 0.717) is 17.0 Å². The molecule has 0 bridgehead atoms. The van der Waals surface area contributed by atoms with Gasteiger partial charge in [0.25, 0.3) is 5.97 Å². The molecule has 0 spiro atoms. The number of carbonyl (C=O) groups is 1. The van der Waals surface area contributed by atoms with E-state index in [9.17, 15) is 0 Å². The standard InChI is InChI=1S/2C18H15P.C2H4O2.Pd/c2*1-4-10-16(11-5-1)19(17-12-6-2-7-13-17)18-14-8-3-9-15-18;1-2(3)4;/h2*1-15H;1H3,(H,3,4);/q;;;-2/p+2. The molecule has 2 nitrogen and oxygen atoms in total. The van der Waals surface area contributed by atoms with E-state index >= 15 is 0 Å². The van der Waals surface area contributed by atoms with Crippen LogP contribution in [-0.4, -0.2) is 11.1 Å². The number of rotatable bonds is 8. The monoisotopic (exact) mass is 692 g/mol. The molecule has 0 aliphatic rings. The molecule has 0 amide bonds. The van der Waals surface area contributed by atoms with Crippen LogP contribution in [0.3, 0.4) is 0 Å². The molecule has 6 aromatic carbocycles. The summed E-state index contributed by atoms with van der Waals surface area (Å²) in [4.78, 5) is 9.00. The molecule has 5 heteroatoms. The van der Waals surface area contributed by atoms with Crippen molar-refractivity contribution < 1.29 is 26.9 Å². The van der Waals surface area contributed by atoms with Crippen LogP contribution in [0.4, 0.5) is 0 Å². The molecule has 0 aromatic heterocycles. The van der Waals surface area contributed by atoms with Crippen LogP contribution >= 0.6 is 10.9 Å². The zero-order valence-corrected chi connectivity index (χ0v) is 27.5. The van der Waals surface area contributed by atoms with Gasteiger partial charge in [-0.2, -0.15) is 0 Å². The van der Waals surface area contributed by atoms with Gasteiger partial charge in [-0.05, 0) is 0 Å². The molecule has 0 aliphatic heterocycles. The first-order chi connectivity index (χ1) is 21.1. The van der Waals surface area contributed by atoms with Gasteiger partial charge in [-0.1, -0.05) is 0 Å². The minimum atomic E-state index is -2.50. The summed E-state index contributed by atoms with van der Waals surface area (Å²) < 4.78 is 0. The maximum atomic E-state index is 9.00.